The largest absolute Gasteiger partial charge is 0.335 e. The summed E-state index contributed by atoms with van der Waals surface area (Å²) in [5.41, 5.74) is 1.59. The molecule has 2 saturated heterocycles. The third kappa shape index (κ3) is 4.24. The Balaban J connectivity index is 1.58. The van der Waals surface area contributed by atoms with Crippen molar-refractivity contribution in [3.8, 4) is 6.07 Å². The van der Waals surface area contributed by atoms with Crippen LogP contribution in [-0.4, -0.2) is 47.9 Å². The van der Waals surface area contributed by atoms with Gasteiger partial charge in [0.25, 0.3) is 0 Å². The molecule has 1 unspecified atom stereocenters. The zero-order chi connectivity index (χ0) is 16.8. The van der Waals surface area contributed by atoms with E-state index in [1.54, 1.807) is 18.2 Å². The van der Waals surface area contributed by atoms with E-state index in [1.807, 2.05) is 23.1 Å². The third-order valence-corrected chi connectivity index (χ3v) is 5.04. The molecule has 24 heavy (non-hydrogen) atoms. The number of rotatable bonds is 4. The maximum atomic E-state index is 12.6. The topological polar surface area (TPSA) is 47.3 Å². The first kappa shape index (κ1) is 16.7. The molecule has 0 saturated carbocycles. The van der Waals surface area contributed by atoms with Crippen molar-refractivity contribution < 1.29 is 4.79 Å². The van der Waals surface area contributed by atoms with Gasteiger partial charge < -0.3 is 9.80 Å². The second-order valence-corrected chi connectivity index (χ2v) is 6.76. The van der Waals surface area contributed by atoms with E-state index in [2.05, 4.69) is 11.0 Å². The second kappa shape index (κ2) is 8.12. The van der Waals surface area contributed by atoms with Gasteiger partial charge >= 0.3 is 0 Å². The summed E-state index contributed by atoms with van der Waals surface area (Å²) in [6, 6.07) is 9.77. The van der Waals surface area contributed by atoms with Gasteiger partial charge in [-0.2, -0.15) is 5.26 Å². The van der Waals surface area contributed by atoms with Crippen LogP contribution in [0.4, 0.5) is 0 Å². The molecule has 4 heteroatoms. The lowest BCUT2D eigenvalue weighted by atomic mass is 10.1. The number of hydrogen-bond donors (Lipinski definition) is 0. The normalized spacial score (nSPS) is 22.0. The number of carbonyl (C=O) groups excluding carboxylic acids is 1. The smallest absolute Gasteiger partial charge is 0.246 e. The number of carbonyl (C=O) groups is 1. The first-order valence-electron chi connectivity index (χ1n) is 8.97. The summed E-state index contributed by atoms with van der Waals surface area (Å²) >= 11 is 0. The van der Waals surface area contributed by atoms with Crippen molar-refractivity contribution in [1.29, 1.82) is 5.26 Å². The van der Waals surface area contributed by atoms with Gasteiger partial charge in [0.1, 0.15) is 0 Å². The highest BCUT2D eigenvalue weighted by Gasteiger charge is 2.29. The van der Waals surface area contributed by atoms with Crippen LogP contribution in [0.2, 0.25) is 0 Å². The summed E-state index contributed by atoms with van der Waals surface area (Å²) in [7, 11) is 0. The average Bonchev–Trinajstić information content (AvgIpc) is 3.09. The maximum absolute atomic E-state index is 12.6. The van der Waals surface area contributed by atoms with Gasteiger partial charge in [-0.05, 0) is 62.5 Å². The standard InChI is InChI=1S/C20H25N3O/c21-15-18-8-6-17(7-9-18)10-11-20(24)23-14-4-5-19(23)16-22-12-2-1-3-13-22/h6-11,19H,1-5,12-14,16H2. The summed E-state index contributed by atoms with van der Waals surface area (Å²) in [5, 5.41) is 8.82. The van der Waals surface area contributed by atoms with Crippen molar-refractivity contribution in [3.05, 3.63) is 41.5 Å². The van der Waals surface area contributed by atoms with Crippen LogP contribution in [0.5, 0.6) is 0 Å². The minimum atomic E-state index is 0.110. The van der Waals surface area contributed by atoms with E-state index in [4.69, 9.17) is 5.26 Å². The quantitative estimate of drug-likeness (QED) is 0.800. The summed E-state index contributed by atoms with van der Waals surface area (Å²) in [6.07, 6.45) is 9.67. The van der Waals surface area contributed by atoms with Crippen LogP contribution in [0, 0.1) is 11.3 Å². The zero-order valence-corrected chi connectivity index (χ0v) is 14.2. The first-order chi connectivity index (χ1) is 11.8. The Morgan fingerprint density at radius 2 is 1.88 bits per heavy atom. The van der Waals surface area contributed by atoms with Crippen LogP contribution in [0.25, 0.3) is 6.08 Å². The van der Waals surface area contributed by atoms with Crippen molar-refractivity contribution in [2.75, 3.05) is 26.2 Å². The van der Waals surface area contributed by atoms with Crippen LogP contribution in [0.1, 0.15) is 43.2 Å². The molecular formula is C20H25N3O. The molecule has 1 aromatic carbocycles. The van der Waals surface area contributed by atoms with Gasteiger partial charge in [-0.25, -0.2) is 0 Å². The predicted octanol–water partition coefficient (Wildman–Crippen LogP) is 3.05. The van der Waals surface area contributed by atoms with E-state index in [0.29, 0.717) is 11.6 Å². The Kier molecular flexibility index (Phi) is 5.66. The fourth-order valence-corrected chi connectivity index (χ4v) is 3.69. The van der Waals surface area contributed by atoms with Crippen molar-refractivity contribution in [2.24, 2.45) is 0 Å². The molecule has 3 rings (SSSR count). The first-order valence-corrected chi connectivity index (χ1v) is 8.97. The van der Waals surface area contributed by atoms with E-state index in [9.17, 15) is 4.79 Å². The van der Waals surface area contributed by atoms with E-state index in [1.165, 1.54) is 32.4 Å². The van der Waals surface area contributed by atoms with E-state index >= 15 is 0 Å². The van der Waals surface area contributed by atoms with Gasteiger partial charge in [-0.1, -0.05) is 18.6 Å². The van der Waals surface area contributed by atoms with Crippen molar-refractivity contribution in [1.82, 2.24) is 9.80 Å². The minimum Gasteiger partial charge on any atom is -0.335 e. The summed E-state index contributed by atoms with van der Waals surface area (Å²) in [6.45, 7) is 4.25. The highest BCUT2D eigenvalue weighted by atomic mass is 16.2. The Morgan fingerprint density at radius 3 is 2.58 bits per heavy atom. The Hall–Kier alpha value is -2.12. The van der Waals surface area contributed by atoms with Gasteiger partial charge in [0.05, 0.1) is 11.6 Å². The average molecular weight is 323 g/mol. The van der Waals surface area contributed by atoms with Crippen LogP contribution >= 0.6 is 0 Å². The molecule has 2 aliphatic rings. The number of benzene rings is 1. The SMILES string of the molecule is N#Cc1ccc(C=CC(=O)N2CCCC2CN2CCCCC2)cc1. The molecule has 2 heterocycles. The fourth-order valence-electron chi connectivity index (χ4n) is 3.69. The lowest BCUT2D eigenvalue weighted by Gasteiger charge is -2.32. The maximum Gasteiger partial charge on any atom is 0.246 e. The summed E-state index contributed by atoms with van der Waals surface area (Å²) in [4.78, 5) is 17.1. The fraction of sp³-hybridized carbons (Fsp3) is 0.500. The van der Waals surface area contributed by atoms with E-state index < -0.39 is 0 Å². The van der Waals surface area contributed by atoms with E-state index in [-0.39, 0.29) is 5.91 Å². The molecule has 4 nitrogen and oxygen atoms in total. The number of amides is 1. The van der Waals surface area contributed by atoms with Crippen LogP contribution in [-0.2, 0) is 4.79 Å². The molecule has 0 bridgehead atoms. The summed E-state index contributed by atoms with van der Waals surface area (Å²) in [5.74, 6) is 0.110. The number of nitrogens with zero attached hydrogens (tertiary/aromatic N) is 3. The van der Waals surface area contributed by atoms with Crippen LogP contribution in [0.3, 0.4) is 0 Å². The third-order valence-electron chi connectivity index (χ3n) is 5.04. The molecular weight excluding hydrogens is 298 g/mol. The van der Waals surface area contributed by atoms with Crippen LogP contribution in [0.15, 0.2) is 30.3 Å². The molecule has 1 atom stereocenters. The predicted molar refractivity (Wildman–Crippen MR) is 95.2 cm³/mol. The molecule has 1 aromatic rings. The molecule has 0 spiro atoms. The second-order valence-electron chi connectivity index (χ2n) is 6.76. The highest BCUT2D eigenvalue weighted by Crippen LogP contribution is 2.21. The van der Waals surface area contributed by atoms with E-state index in [0.717, 1.165) is 31.5 Å². The lowest BCUT2D eigenvalue weighted by molar-refractivity contribution is -0.127. The molecule has 0 radical (unpaired) electrons. The van der Waals surface area contributed by atoms with Crippen molar-refractivity contribution in [2.45, 2.75) is 38.1 Å². The van der Waals surface area contributed by atoms with Gasteiger partial charge in [-0.15, -0.1) is 0 Å². The molecule has 126 valence electrons. The Morgan fingerprint density at radius 1 is 1.12 bits per heavy atom. The number of nitriles is 1. The number of hydrogen-bond acceptors (Lipinski definition) is 3. The van der Waals surface area contributed by atoms with Gasteiger partial charge in [0.2, 0.25) is 5.91 Å². The monoisotopic (exact) mass is 323 g/mol. The Bertz CT molecular complexity index is 623. The summed E-state index contributed by atoms with van der Waals surface area (Å²) < 4.78 is 0. The number of piperidine rings is 1. The molecule has 2 fully saturated rings. The molecule has 0 aromatic heterocycles. The lowest BCUT2D eigenvalue weighted by Crippen LogP contribution is -2.44. The number of likely N-dealkylation sites (tertiary alicyclic amines) is 2. The van der Waals surface area contributed by atoms with Crippen molar-refractivity contribution in [3.63, 3.8) is 0 Å². The van der Waals surface area contributed by atoms with Gasteiger partial charge in [0.15, 0.2) is 0 Å². The van der Waals surface area contributed by atoms with Crippen molar-refractivity contribution >= 4 is 12.0 Å². The molecule has 1 amide bonds. The minimum absolute atomic E-state index is 0.110. The highest BCUT2D eigenvalue weighted by molar-refractivity contribution is 5.92. The van der Waals surface area contributed by atoms with Gasteiger partial charge in [0, 0.05) is 25.2 Å². The zero-order valence-electron chi connectivity index (χ0n) is 14.2. The molecule has 2 aliphatic heterocycles. The molecule has 0 aliphatic carbocycles. The van der Waals surface area contributed by atoms with Crippen LogP contribution < -0.4 is 0 Å². The molecule has 0 N–H and O–H groups in total. The van der Waals surface area contributed by atoms with Gasteiger partial charge in [-0.3, -0.25) is 4.79 Å². The Labute approximate surface area is 144 Å².